The van der Waals surface area contributed by atoms with Gasteiger partial charge in [-0.15, -0.1) is 0 Å². The van der Waals surface area contributed by atoms with Crippen LogP contribution in [0.1, 0.15) is 67.3 Å². The Bertz CT molecular complexity index is 1130. The van der Waals surface area contributed by atoms with Crippen molar-refractivity contribution in [1.82, 2.24) is 15.5 Å². The summed E-state index contributed by atoms with van der Waals surface area (Å²) in [5.74, 6) is 0.622. The second kappa shape index (κ2) is 9.41. The van der Waals surface area contributed by atoms with E-state index in [0.29, 0.717) is 49.2 Å². The molecule has 1 aliphatic carbocycles. The number of carbonyl (C=O) groups excluding carboxylic acids is 3. The number of nitrogens with zero attached hydrogens (tertiary/aromatic N) is 2. The Labute approximate surface area is 203 Å². The number of aromatic nitrogens is 2. The maximum absolute atomic E-state index is 13.4. The topological polar surface area (TPSA) is 135 Å². The zero-order valence-electron chi connectivity index (χ0n) is 20.1. The fraction of sp³-hybridized carbons (Fsp3) is 0.560. The average Bonchev–Trinajstić information content (AvgIpc) is 3.39. The monoisotopic (exact) mass is 481 g/mol. The van der Waals surface area contributed by atoms with Gasteiger partial charge in [0.1, 0.15) is 17.6 Å². The van der Waals surface area contributed by atoms with Crippen molar-refractivity contribution in [1.29, 1.82) is 0 Å². The predicted molar refractivity (Wildman–Crippen MR) is 127 cm³/mol. The zero-order valence-corrected chi connectivity index (χ0v) is 20.1. The third-order valence-corrected chi connectivity index (χ3v) is 7.66. The van der Waals surface area contributed by atoms with Gasteiger partial charge in [-0.25, -0.2) is 4.98 Å². The summed E-state index contributed by atoms with van der Waals surface area (Å²) in [7, 11) is 0. The van der Waals surface area contributed by atoms with Crippen molar-refractivity contribution in [3.8, 4) is 0 Å². The Hall–Kier alpha value is -3.27. The molecule has 2 aromatic rings. The van der Waals surface area contributed by atoms with Crippen LogP contribution in [-0.4, -0.2) is 47.1 Å². The first-order valence-corrected chi connectivity index (χ1v) is 12.3. The molecule has 3 amide bonds. The zero-order chi connectivity index (χ0) is 24.6. The van der Waals surface area contributed by atoms with Crippen molar-refractivity contribution in [3.05, 3.63) is 35.3 Å². The lowest BCUT2D eigenvalue weighted by Gasteiger charge is -2.32. The third kappa shape index (κ3) is 4.54. The number of rotatable bonds is 5. The molecule has 2 fully saturated rings. The van der Waals surface area contributed by atoms with E-state index in [2.05, 4.69) is 33.0 Å². The molecular weight excluding hydrogens is 450 g/mol. The number of anilines is 2. The normalized spacial score (nSPS) is 23.9. The van der Waals surface area contributed by atoms with Crippen LogP contribution in [0, 0.1) is 18.8 Å². The SMILES string of the molecule is Cc1cc(C(=O)N[C@H](C(=O)Nc2cc3c(cn2)C2(CCOCC2)C(=O)N3)C2CCC(C)CC2)no1. The van der Waals surface area contributed by atoms with Crippen molar-refractivity contribution in [3.63, 3.8) is 0 Å². The van der Waals surface area contributed by atoms with Crippen LogP contribution in [0.4, 0.5) is 11.5 Å². The van der Waals surface area contributed by atoms with Gasteiger partial charge in [0.2, 0.25) is 11.8 Å². The van der Waals surface area contributed by atoms with Crippen LogP contribution in [0.15, 0.2) is 22.9 Å². The summed E-state index contributed by atoms with van der Waals surface area (Å²) in [5, 5.41) is 12.5. The number of ether oxygens (including phenoxy) is 1. The summed E-state index contributed by atoms with van der Waals surface area (Å²) >= 11 is 0. The molecule has 0 unspecified atom stereocenters. The van der Waals surface area contributed by atoms with Gasteiger partial charge < -0.3 is 25.2 Å². The van der Waals surface area contributed by atoms with Crippen LogP contribution in [0.25, 0.3) is 0 Å². The van der Waals surface area contributed by atoms with Crippen LogP contribution in [0.5, 0.6) is 0 Å². The van der Waals surface area contributed by atoms with Crippen LogP contribution >= 0.6 is 0 Å². The highest BCUT2D eigenvalue weighted by molar-refractivity contribution is 6.07. The van der Waals surface area contributed by atoms with Gasteiger partial charge in [-0.1, -0.05) is 24.9 Å². The molecule has 1 spiro atoms. The molecule has 2 aliphatic heterocycles. The highest BCUT2D eigenvalue weighted by atomic mass is 16.5. The molecule has 1 saturated carbocycles. The van der Waals surface area contributed by atoms with Crippen LogP contribution in [-0.2, 0) is 19.7 Å². The van der Waals surface area contributed by atoms with Crippen LogP contribution in [0.2, 0.25) is 0 Å². The van der Waals surface area contributed by atoms with E-state index in [9.17, 15) is 14.4 Å². The van der Waals surface area contributed by atoms with Gasteiger partial charge >= 0.3 is 0 Å². The van der Waals surface area contributed by atoms with E-state index in [4.69, 9.17) is 9.26 Å². The molecular formula is C25H31N5O5. The van der Waals surface area contributed by atoms with Gasteiger partial charge in [-0.3, -0.25) is 14.4 Å². The Morgan fingerprint density at radius 3 is 2.60 bits per heavy atom. The van der Waals surface area contributed by atoms with E-state index in [1.807, 2.05) is 0 Å². The molecule has 0 aromatic carbocycles. The molecule has 10 nitrogen and oxygen atoms in total. The molecule has 35 heavy (non-hydrogen) atoms. The first-order valence-electron chi connectivity index (χ1n) is 12.3. The molecule has 0 radical (unpaired) electrons. The lowest BCUT2D eigenvalue weighted by Crippen LogP contribution is -2.49. The molecule has 0 bridgehead atoms. The second-order valence-electron chi connectivity index (χ2n) is 10.0. The number of hydrogen-bond donors (Lipinski definition) is 3. The summed E-state index contributed by atoms with van der Waals surface area (Å²) in [4.78, 5) is 43.5. The summed E-state index contributed by atoms with van der Waals surface area (Å²) < 4.78 is 10.5. The minimum absolute atomic E-state index is 0.00258. The number of amides is 3. The fourth-order valence-corrected chi connectivity index (χ4v) is 5.50. The standard InChI is InChI=1S/C25H31N5O5/c1-14-3-5-16(6-4-14)21(29-22(31)19-11-15(2)35-30-19)23(32)28-20-12-18-17(13-26-20)25(24(33)27-18)7-9-34-10-8-25/h11-14,16,21H,3-10H2,1-2H3,(H,27,33)(H,29,31)(H,26,28,32)/t14?,16?,21-/m0/s1. The first kappa shape index (κ1) is 23.5. The number of fused-ring (bicyclic) bond motifs is 2. The second-order valence-corrected chi connectivity index (χ2v) is 10.0. The number of carbonyl (C=O) groups is 3. The first-order chi connectivity index (χ1) is 16.9. The van der Waals surface area contributed by atoms with Crippen molar-refractivity contribution in [2.75, 3.05) is 23.8 Å². The van der Waals surface area contributed by atoms with E-state index in [-0.39, 0.29) is 23.4 Å². The molecule has 186 valence electrons. The van der Waals surface area contributed by atoms with E-state index in [0.717, 1.165) is 31.2 Å². The number of nitrogens with one attached hydrogen (secondary N) is 3. The third-order valence-electron chi connectivity index (χ3n) is 7.66. The fourth-order valence-electron chi connectivity index (χ4n) is 5.50. The highest BCUT2D eigenvalue weighted by Gasteiger charge is 2.48. The average molecular weight is 482 g/mol. The smallest absolute Gasteiger partial charge is 0.274 e. The van der Waals surface area contributed by atoms with E-state index in [1.165, 1.54) is 0 Å². The quantitative estimate of drug-likeness (QED) is 0.597. The summed E-state index contributed by atoms with van der Waals surface area (Å²) in [6.07, 6.45) is 6.57. The Kier molecular flexibility index (Phi) is 6.31. The Morgan fingerprint density at radius 1 is 1.17 bits per heavy atom. The van der Waals surface area contributed by atoms with Crippen molar-refractivity contribution < 1.29 is 23.6 Å². The highest BCUT2D eigenvalue weighted by Crippen LogP contribution is 2.44. The number of hydrogen-bond acceptors (Lipinski definition) is 7. The van der Waals surface area contributed by atoms with E-state index < -0.39 is 17.4 Å². The van der Waals surface area contributed by atoms with Crippen LogP contribution in [0.3, 0.4) is 0 Å². The number of aryl methyl sites for hydroxylation is 1. The van der Waals surface area contributed by atoms with Gasteiger partial charge in [0, 0.05) is 37.1 Å². The molecule has 5 rings (SSSR count). The van der Waals surface area contributed by atoms with Gasteiger partial charge in [0.25, 0.3) is 5.91 Å². The van der Waals surface area contributed by atoms with Gasteiger partial charge in [-0.05, 0) is 44.4 Å². The van der Waals surface area contributed by atoms with Gasteiger partial charge in [-0.2, -0.15) is 0 Å². The van der Waals surface area contributed by atoms with Crippen molar-refractivity contribution >= 4 is 29.2 Å². The minimum Gasteiger partial charge on any atom is -0.381 e. The van der Waals surface area contributed by atoms with E-state index >= 15 is 0 Å². The Morgan fingerprint density at radius 2 is 1.91 bits per heavy atom. The molecule has 2 aromatic heterocycles. The van der Waals surface area contributed by atoms with Gasteiger partial charge in [0.15, 0.2) is 5.69 Å². The minimum atomic E-state index is -0.738. The summed E-state index contributed by atoms with van der Waals surface area (Å²) in [6, 6.07) is 2.50. The van der Waals surface area contributed by atoms with E-state index in [1.54, 1.807) is 25.3 Å². The van der Waals surface area contributed by atoms with Gasteiger partial charge in [0.05, 0.1) is 11.1 Å². The Balaban J connectivity index is 1.34. The molecule has 1 saturated heterocycles. The number of pyridine rings is 1. The molecule has 1 atom stereocenters. The van der Waals surface area contributed by atoms with Crippen LogP contribution < -0.4 is 16.0 Å². The van der Waals surface area contributed by atoms with Crippen molar-refractivity contribution in [2.45, 2.75) is 63.8 Å². The maximum Gasteiger partial charge on any atom is 0.274 e. The summed E-state index contributed by atoms with van der Waals surface area (Å²) in [6.45, 7) is 4.96. The summed E-state index contributed by atoms with van der Waals surface area (Å²) in [5.41, 5.74) is 1.03. The lowest BCUT2D eigenvalue weighted by molar-refractivity contribution is -0.124. The maximum atomic E-state index is 13.4. The van der Waals surface area contributed by atoms with Crippen molar-refractivity contribution in [2.24, 2.45) is 11.8 Å². The molecule has 3 aliphatic rings. The molecule has 10 heteroatoms. The predicted octanol–water partition coefficient (Wildman–Crippen LogP) is 2.94. The molecule has 3 N–H and O–H groups in total. The lowest BCUT2D eigenvalue weighted by atomic mass is 9.76. The molecule has 4 heterocycles. The largest absolute Gasteiger partial charge is 0.381 e.